The number of hydrogen-bond acceptors (Lipinski definition) is 1. The molecule has 2 aromatic carbocycles. The van der Waals surface area contributed by atoms with Crippen molar-refractivity contribution in [1.82, 2.24) is 0 Å². The van der Waals surface area contributed by atoms with E-state index < -0.39 is 0 Å². The minimum absolute atomic E-state index is 0.225. The van der Waals surface area contributed by atoms with E-state index in [1.807, 2.05) is 0 Å². The van der Waals surface area contributed by atoms with Crippen LogP contribution < -0.4 is 0 Å². The number of unbranched alkanes of at least 4 members (excludes halogenated alkanes) is 3. The Morgan fingerprint density at radius 2 is 1.70 bits per heavy atom. The lowest BCUT2D eigenvalue weighted by Gasteiger charge is -2.18. The third kappa shape index (κ3) is 3.83. The molecule has 1 unspecified atom stereocenters. The van der Waals surface area contributed by atoms with E-state index in [0.29, 0.717) is 0 Å². The van der Waals surface area contributed by atoms with Gasteiger partial charge in [0.05, 0.1) is 6.10 Å². The van der Waals surface area contributed by atoms with Gasteiger partial charge < -0.3 is 4.74 Å². The third-order valence-electron chi connectivity index (χ3n) is 3.86. The molecule has 0 radical (unpaired) electrons. The molecule has 0 aromatic heterocycles. The zero-order valence-corrected chi connectivity index (χ0v) is 12.8. The van der Waals surface area contributed by atoms with Crippen molar-refractivity contribution >= 4 is 10.8 Å². The van der Waals surface area contributed by atoms with Gasteiger partial charge in [0.25, 0.3) is 0 Å². The van der Waals surface area contributed by atoms with Gasteiger partial charge in [-0.2, -0.15) is 0 Å². The second-order valence-corrected chi connectivity index (χ2v) is 5.40. The van der Waals surface area contributed by atoms with E-state index in [0.717, 1.165) is 13.0 Å². The Labute approximate surface area is 123 Å². The second-order valence-electron chi connectivity index (χ2n) is 5.40. The zero-order chi connectivity index (χ0) is 14.2. The van der Waals surface area contributed by atoms with Crippen LogP contribution in [0.4, 0.5) is 0 Å². The summed E-state index contributed by atoms with van der Waals surface area (Å²) >= 11 is 0. The van der Waals surface area contributed by atoms with Crippen molar-refractivity contribution in [3.05, 3.63) is 48.0 Å². The van der Waals surface area contributed by atoms with Crippen molar-refractivity contribution in [3.8, 4) is 0 Å². The van der Waals surface area contributed by atoms with E-state index in [4.69, 9.17) is 4.74 Å². The standard InChI is InChI=1S/C19H26O/c1-3-5-6-9-15-20-19(4-2)18-14-10-12-16-11-7-8-13-17(16)18/h7-8,10-14,19H,3-6,9,15H2,1-2H3. The molecule has 1 nitrogen and oxygen atoms in total. The lowest BCUT2D eigenvalue weighted by atomic mass is 9.99. The summed E-state index contributed by atoms with van der Waals surface area (Å²) in [6.45, 7) is 5.33. The number of fused-ring (bicyclic) bond motifs is 1. The van der Waals surface area contributed by atoms with E-state index in [1.54, 1.807) is 0 Å². The third-order valence-corrected chi connectivity index (χ3v) is 3.86. The Balaban J connectivity index is 2.05. The van der Waals surface area contributed by atoms with Crippen molar-refractivity contribution in [2.24, 2.45) is 0 Å². The van der Waals surface area contributed by atoms with E-state index in [1.165, 1.54) is 42.0 Å². The highest BCUT2D eigenvalue weighted by Crippen LogP contribution is 2.28. The van der Waals surface area contributed by atoms with Crippen LogP contribution in [0.3, 0.4) is 0 Å². The number of ether oxygens (including phenoxy) is 1. The molecule has 1 heteroatoms. The summed E-state index contributed by atoms with van der Waals surface area (Å²) in [6, 6.07) is 15.1. The Bertz CT molecular complexity index is 513. The van der Waals surface area contributed by atoms with Gasteiger partial charge in [-0.25, -0.2) is 0 Å². The maximum absolute atomic E-state index is 6.13. The van der Waals surface area contributed by atoms with Crippen molar-refractivity contribution < 1.29 is 4.74 Å². The summed E-state index contributed by atoms with van der Waals surface area (Å²) in [6.07, 6.45) is 6.30. The van der Waals surface area contributed by atoms with Crippen molar-refractivity contribution in [1.29, 1.82) is 0 Å². The van der Waals surface area contributed by atoms with E-state index in [2.05, 4.69) is 56.3 Å². The summed E-state index contributed by atoms with van der Waals surface area (Å²) < 4.78 is 6.13. The first kappa shape index (κ1) is 15.1. The maximum Gasteiger partial charge on any atom is 0.0828 e. The molecule has 1 atom stereocenters. The van der Waals surface area contributed by atoms with E-state index in [9.17, 15) is 0 Å². The fourth-order valence-corrected chi connectivity index (χ4v) is 2.71. The van der Waals surface area contributed by atoms with Gasteiger partial charge in [-0.05, 0) is 29.2 Å². The van der Waals surface area contributed by atoms with Crippen LogP contribution in [-0.4, -0.2) is 6.61 Å². The van der Waals surface area contributed by atoms with Crippen LogP contribution in [0.25, 0.3) is 10.8 Å². The lowest BCUT2D eigenvalue weighted by Crippen LogP contribution is -2.05. The van der Waals surface area contributed by atoms with Crippen LogP contribution in [0.15, 0.2) is 42.5 Å². The van der Waals surface area contributed by atoms with Gasteiger partial charge in [-0.3, -0.25) is 0 Å². The molecule has 0 amide bonds. The van der Waals surface area contributed by atoms with Crippen LogP contribution in [0.1, 0.15) is 57.6 Å². The topological polar surface area (TPSA) is 9.23 Å². The van der Waals surface area contributed by atoms with Gasteiger partial charge in [-0.1, -0.05) is 75.6 Å². The largest absolute Gasteiger partial charge is 0.374 e. The number of rotatable bonds is 8. The predicted molar refractivity (Wildman–Crippen MR) is 87.1 cm³/mol. The van der Waals surface area contributed by atoms with E-state index in [-0.39, 0.29) is 6.10 Å². The average Bonchev–Trinajstić information content (AvgIpc) is 2.51. The highest BCUT2D eigenvalue weighted by molar-refractivity contribution is 5.85. The SMILES string of the molecule is CCCCCCOC(CC)c1cccc2ccccc12. The van der Waals surface area contributed by atoms with Gasteiger partial charge in [0.1, 0.15) is 0 Å². The molecule has 2 aromatic rings. The molecule has 0 saturated heterocycles. The fourth-order valence-electron chi connectivity index (χ4n) is 2.71. The number of hydrogen-bond donors (Lipinski definition) is 0. The molecule has 0 spiro atoms. The van der Waals surface area contributed by atoms with Crippen LogP contribution >= 0.6 is 0 Å². The van der Waals surface area contributed by atoms with Gasteiger partial charge in [0.2, 0.25) is 0 Å². The average molecular weight is 270 g/mol. The molecular formula is C19H26O. The zero-order valence-electron chi connectivity index (χ0n) is 12.8. The van der Waals surface area contributed by atoms with Crippen molar-refractivity contribution in [3.63, 3.8) is 0 Å². The minimum atomic E-state index is 0.225. The van der Waals surface area contributed by atoms with Gasteiger partial charge in [0.15, 0.2) is 0 Å². The van der Waals surface area contributed by atoms with Crippen LogP contribution in [0.5, 0.6) is 0 Å². The molecule has 108 valence electrons. The first-order valence-electron chi connectivity index (χ1n) is 7.96. The molecular weight excluding hydrogens is 244 g/mol. The predicted octanol–water partition coefficient (Wildman–Crippen LogP) is 5.89. The Hall–Kier alpha value is -1.34. The van der Waals surface area contributed by atoms with Crippen LogP contribution in [0, 0.1) is 0 Å². The highest BCUT2D eigenvalue weighted by Gasteiger charge is 2.12. The molecule has 0 aliphatic heterocycles. The minimum Gasteiger partial charge on any atom is -0.374 e. The van der Waals surface area contributed by atoms with E-state index >= 15 is 0 Å². The van der Waals surface area contributed by atoms with Gasteiger partial charge >= 0.3 is 0 Å². The molecule has 0 bridgehead atoms. The first-order chi connectivity index (χ1) is 9.86. The lowest BCUT2D eigenvalue weighted by molar-refractivity contribution is 0.0483. The molecule has 0 heterocycles. The molecule has 20 heavy (non-hydrogen) atoms. The summed E-state index contributed by atoms with van der Waals surface area (Å²) in [7, 11) is 0. The van der Waals surface area contributed by atoms with Gasteiger partial charge in [0, 0.05) is 6.61 Å². The Morgan fingerprint density at radius 3 is 2.50 bits per heavy atom. The fraction of sp³-hybridized carbons (Fsp3) is 0.474. The van der Waals surface area contributed by atoms with Crippen LogP contribution in [-0.2, 0) is 4.74 Å². The molecule has 0 N–H and O–H groups in total. The smallest absolute Gasteiger partial charge is 0.0828 e. The quantitative estimate of drug-likeness (QED) is 0.544. The second kappa shape index (κ2) is 8.06. The molecule has 0 saturated carbocycles. The number of benzene rings is 2. The summed E-state index contributed by atoms with van der Waals surface area (Å²) in [5.74, 6) is 0. The van der Waals surface area contributed by atoms with Crippen molar-refractivity contribution in [2.75, 3.05) is 6.61 Å². The highest BCUT2D eigenvalue weighted by atomic mass is 16.5. The molecule has 0 aliphatic rings. The molecule has 0 aliphatic carbocycles. The van der Waals surface area contributed by atoms with Crippen LogP contribution in [0.2, 0.25) is 0 Å². The summed E-state index contributed by atoms with van der Waals surface area (Å²) in [5, 5.41) is 2.63. The first-order valence-corrected chi connectivity index (χ1v) is 7.96. The molecule has 2 rings (SSSR count). The molecule has 0 fully saturated rings. The summed E-state index contributed by atoms with van der Waals surface area (Å²) in [5.41, 5.74) is 1.33. The van der Waals surface area contributed by atoms with Crippen molar-refractivity contribution in [2.45, 2.75) is 52.1 Å². The van der Waals surface area contributed by atoms with Gasteiger partial charge in [-0.15, -0.1) is 0 Å². The Morgan fingerprint density at radius 1 is 0.900 bits per heavy atom. The maximum atomic E-state index is 6.13. The monoisotopic (exact) mass is 270 g/mol. The Kier molecular flexibility index (Phi) is 6.07. The summed E-state index contributed by atoms with van der Waals surface area (Å²) in [4.78, 5) is 0. The normalized spacial score (nSPS) is 12.7.